The van der Waals surface area contributed by atoms with Crippen LogP contribution in [0.4, 0.5) is 0 Å². The van der Waals surface area contributed by atoms with Crippen molar-refractivity contribution >= 4 is 0 Å². The summed E-state index contributed by atoms with van der Waals surface area (Å²) in [7, 11) is 1.73. The Kier molecular flexibility index (Phi) is 5.26. The number of methoxy groups -OCH3 is 1. The van der Waals surface area contributed by atoms with E-state index in [1.54, 1.807) is 7.11 Å². The predicted molar refractivity (Wildman–Crippen MR) is 80.6 cm³/mol. The summed E-state index contributed by atoms with van der Waals surface area (Å²) in [6, 6.07) is 9.47. The highest BCUT2D eigenvalue weighted by Crippen LogP contribution is 2.28. The molecular formula is C17H27NO. The van der Waals surface area contributed by atoms with E-state index in [0.29, 0.717) is 12.1 Å². The van der Waals surface area contributed by atoms with Gasteiger partial charge in [0.1, 0.15) is 5.75 Å². The van der Waals surface area contributed by atoms with E-state index in [2.05, 4.69) is 37.4 Å². The summed E-state index contributed by atoms with van der Waals surface area (Å²) in [4.78, 5) is 0. The Morgan fingerprint density at radius 1 is 1.26 bits per heavy atom. The minimum Gasteiger partial charge on any atom is -0.497 e. The third kappa shape index (κ3) is 3.97. The van der Waals surface area contributed by atoms with Gasteiger partial charge in [-0.3, -0.25) is 0 Å². The van der Waals surface area contributed by atoms with E-state index in [1.807, 2.05) is 6.07 Å². The van der Waals surface area contributed by atoms with E-state index in [4.69, 9.17) is 4.74 Å². The van der Waals surface area contributed by atoms with Crippen LogP contribution in [0.3, 0.4) is 0 Å². The molecule has 0 spiro atoms. The standard InChI is InChI=1S/C17H27NO/c1-4-14-8-10-16(11-9-14)18-13(2)15-6-5-7-17(12-15)19-3/h5-7,12-14,16,18H,4,8-11H2,1-3H3. The highest BCUT2D eigenvalue weighted by molar-refractivity contribution is 5.30. The molecule has 1 saturated carbocycles. The second-order valence-corrected chi connectivity index (χ2v) is 5.79. The van der Waals surface area contributed by atoms with Crippen LogP contribution >= 0.6 is 0 Å². The lowest BCUT2D eigenvalue weighted by atomic mass is 9.84. The van der Waals surface area contributed by atoms with Crippen LogP contribution in [0.5, 0.6) is 5.75 Å². The van der Waals surface area contributed by atoms with E-state index in [-0.39, 0.29) is 0 Å². The molecule has 2 nitrogen and oxygen atoms in total. The molecule has 1 atom stereocenters. The summed E-state index contributed by atoms with van der Waals surface area (Å²) in [5.41, 5.74) is 1.32. The molecule has 0 saturated heterocycles. The number of benzene rings is 1. The smallest absolute Gasteiger partial charge is 0.119 e. The maximum absolute atomic E-state index is 5.30. The Balaban J connectivity index is 1.88. The number of nitrogens with one attached hydrogen (secondary N) is 1. The Morgan fingerprint density at radius 2 is 2.00 bits per heavy atom. The molecule has 1 N–H and O–H groups in total. The molecule has 0 aromatic heterocycles. The van der Waals surface area contributed by atoms with Gasteiger partial charge in [0, 0.05) is 12.1 Å². The molecule has 0 heterocycles. The molecule has 1 aliphatic rings. The van der Waals surface area contributed by atoms with Crippen molar-refractivity contribution in [3.05, 3.63) is 29.8 Å². The fourth-order valence-corrected chi connectivity index (χ4v) is 3.10. The molecule has 1 aromatic rings. The second-order valence-electron chi connectivity index (χ2n) is 5.79. The zero-order valence-electron chi connectivity index (χ0n) is 12.5. The molecule has 19 heavy (non-hydrogen) atoms. The Bertz CT molecular complexity index is 383. The van der Waals surface area contributed by atoms with Gasteiger partial charge in [0.2, 0.25) is 0 Å². The van der Waals surface area contributed by atoms with Crippen LogP contribution in [0.2, 0.25) is 0 Å². The molecule has 2 heteroatoms. The van der Waals surface area contributed by atoms with Gasteiger partial charge < -0.3 is 10.1 Å². The molecule has 0 radical (unpaired) electrons. The third-order valence-electron chi connectivity index (χ3n) is 4.50. The topological polar surface area (TPSA) is 21.3 Å². The summed E-state index contributed by atoms with van der Waals surface area (Å²) in [5.74, 6) is 1.91. The van der Waals surface area contributed by atoms with Crippen LogP contribution in [-0.2, 0) is 0 Å². The molecule has 1 fully saturated rings. The Hall–Kier alpha value is -1.02. The van der Waals surface area contributed by atoms with Gasteiger partial charge in [-0.05, 0) is 56.2 Å². The first kappa shape index (κ1) is 14.4. The average molecular weight is 261 g/mol. The molecule has 0 bridgehead atoms. The largest absolute Gasteiger partial charge is 0.497 e. The highest BCUT2D eigenvalue weighted by Gasteiger charge is 2.21. The SMILES string of the molecule is CCC1CCC(NC(C)c2cccc(OC)c2)CC1. The molecule has 1 aromatic carbocycles. The number of ether oxygens (including phenoxy) is 1. The molecule has 0 aliphatic heterocycles. The molecule has 1 aliphatic carbocycles. The summed E-state index contributed by atoms with van der Waals surface area (Å²) in [6.45, 7) is 4.57. The van der Waals surface area contributed by atoms with Gasteiger partial charge in [-0.1, -0.05) is 25.5 Å². The van der Waals surface area contributed by atoms with Crippen molar-refractivity contribution < 1.29 is 4.74 Å². The van der Waals surface area contributed by atoms with Crippen molar-refractivity contribution in [1.82, 2.24) is 5.32 Å². The first-order valence-corrected chi connectivity index (χ1v) is 7.63. The first-order valence-electron chi connectivity index (χ1n) is 7.63. The summed E-state index contributed by atoms with van der Waals surface area (Å²) >= 11 is 0. The van der Waals surface area contributed by atoms with Crippen LogP contribution in [0.25, 0.3) is 0 Å². The fourth-order valence-electron chi connectivity index (χ4n) is 3.10. The molecule has 1 unspecified atom stereocenters. The minimum atomic E-state index is 0.401. The fraction of sp³-hybridized carbons (Fsp3) is 0.647. The minimum absolute atomic E-state index is 0.401. The van der Waals surface area contributed by atoms with Gasteiger partial charge in [0.25, 0.3) is 0 Å². The van der Waals surface area contributed by atoms with Crippen molar-refractivity contribution in [1.29, 1.82) is 0 Å². The van der Waals surface area contributed by atoms with Crippen LogP contribution in [0.15, 0.2) is 24.3 Å². The van der Waals surface area contributed by atoms with Crippen molar-refractivity contribution in [2.75, 3.05) is 7.11 Å². The second kappa shape index (κ2) is 6.95. The maximum atomic E-state index is 5.30. The summed E-state index contributed by atoms with van der Waals surface area (Å²) < 4.78 is 5.30. The van der Waals surface area contributed by atoms with Crippen LogP contribution in [0, 0.1) is 5.92 Å². The average Bonchev–Trinajstić information content (AvgIpc) is 2.48. The zero-order chi connectivity index (χ0) is 13.7. The quantitative estimate of drug-likeness (QED) is 0.852. The lowest BCUT2D eigenvalue weighted by Crippen LogP contribution is -2.34. The van der Waals surface area contributed by atoms with E-state index in [9.17, 15) is 0 Å². The molecular weight excluding hydrogens is 234 g/mol. The maximum Gasteiger partial charge on any atom is 0.119 e. The molecule has 2 rings (SSSR count). The van der Waals surface area contributed by atoms with E-state index < -0.39 is 0 Å². The molecule has 0 amide bonds. The predicted octanol–water partition coefficient (Wildman–Crippen LogP) is 4.31. The monoisotopic (exact) mass is 261 g/mol. The van der Waals surface area contributed by atoms with Gasteiger partial charge in [-0.25, -0.2) is 0 Å². The number of hydrogen-bond acceptors (Lipinski definition) is 2. The lowest BCUT2D eigenvalue weighted by molar-refractivity contribution is 0.273. The third-order valence-corrected chi connectivity index (χ3v) is 4.50. The van der Waals surface area contributed by atoms with Crippen LogP contribution < -0.4 is 10.1 Å². The van der Waals surface area contributed by atoms with Crippen molar-refractivity contribution in [3.63, 3.8) is 0 Å². The Morgan fingerprint density at radius 3 is 2.63 bits per heavy atom. The summed E-state index contributed by atoms with van der Waals surface area (Å²) in [6.07, 6.45) is 6.77. The van der Waals surface area contributed by atoms with Crippen molar-refractivity contribution in [2.45, 2.75) is 58.0 Å². The number of rotatable bonds is 5. The zero-order valence-corrected chi connectivity index (χ0v) is 12.5. The summed E-state index contributed by atoms with van der Waals surface area (Å²) in [5, 5.41) is 3.78. The first-order chi connectivity index (χ1) is 9.22. The van der Waals surface area contributed by atoms with Crippen LogP contribution in [0.1, 0.15) is 57.6 Å². The van der Waals surface area contributed by atoms with E-state index in [0.717, 1.165) is 11.7 Å². The Labute approximate surface area is 117 Å². The van der Waals surface area contributed by atoms with Gasteiger partial charge in [-0.2, -0.15) is 0 Å². The van der Waals surface area contributed by atoms with E-state index in [1.165, 1.54) is 37.7 Å². The number of hydrogen-bond donors (Lipinski definition) is 1. The van der Waals surface area contributed by atoms with Gasteiger partial charge in [-0.15, -0.1) is 0 Å². The normalized spacial score (nSPS) is 25.0. The van der Waals surface area contributed by atoms with Gasteiger partial charge >= 0.3 is 0 Å². The van der Waals surface area contributed by atoms with Gasteiger partial charge in [0.05, 0.1) is 7.11 Å². The van der Waals surface area contributed by atoms with Crippen LogP contribution in [-0.4, -0.2) is 13.2 Å². The highest BCUT2D eigenvalue weighted by atomic mass is 16.5. The van der Waals surface area contributed by atoms with Crippen molar-refractivity contribution in [2.24, 2.45) is 5.92 Å². The lowest BCUT2D eigenvalue weighted by Gasteiger charge is -2.31. The van der Waals surface area contributed by atoms with E-state index >= 15 is 0 Å². The van der Waals surface area contributed by atoms with Crippen molar-refractivity contribution in [3.8, 4) is 5.75 Å². The molecule has 106 valence electrons. The van der Waals surface area contributed by atoms with Gasteiger partial charge in [0.15, 0.2) is 0 Å².